The van der Waals surface area contributed by atoms with Crippen LogP contribution in [0.4, 0.5) is 5.69 Å². The molecule has 0 saturated carbocycles. The lowest BCUT2D eigenvalue weighted by Gasteiger charge is -2.27. The average molecular weight is 303 g/mol. The summed E-state index contributed by atoms with van der Waals surface area (Å²) in [5.74, 6) is -0.367. The molecule has 6 heteroatoms. The Labute approximate surface area is 130 Å². The molecule has 0 bridgehead atoms. The minimum atomic E-state index is -0.217. The average Bonchev–Trinajstić information content (AvgIpc) is 2.54. The number of nitrogens with one attached hydrogen (secondary N) is 1. The molecule has 1 N–H and O–H groups in total. The van der Waals surface area contributed by atoms with E-state index in [0.717, 1.165) is 50.6 Å². The van der Waals surface area contributed by atoms with Crippen molar-refractivity contribution in [1.82, 2.24) is 9.80 Å². The van der Waals surface area contributed by atoms with Crippen LogP contribution in [0.5, 0.6) is 0 Å². The van der Waals surface area contributed by atoms with Crippen molar-refractivity contribution in [3.05, 3.63) is 29.3 Å². The molecule has 118 valence electrons. The number of imide groups is 1. The number of nitrogens with zero attached hydrogens (tertiary/aromatic N) is 2. The molecular weight excluding hydrogens is 282 g/mol. The molecule has 22 heavy (non-hydrogen) atoms. The second-order valence-electron chi connectivity index (χ2n) is 5.69. The summed E-state index contributed by atoms with van der Waals surface area (Å²) >= 11 is 0. The van der Waals surface area contributed by atoms with E-state index in [9.17, 15) is 9.59 Å². The molecule has 2 aliphatic heterocycles. The van der Waals surface area contributed by atoms with Gasteiger partial charge in [0.1, 0.15) is 0 Å². The van der Waals surface area contributed by atoms with Gasteiger partial charge in [-0.25, -0.2) is 0 Å². The number of amides is 2. The highest BCUT2D eigenvalue weighted by Gasteiger charge is 2.27. The maximum atomic E-state index is 12.0. The molecule has 2 aliphatic rings. The van der Waals surface area contributed by atoms with E-state index in [1.807, 2.05) is 12.1 Å². The lowest BCUT2D eigenvalue weighted by atomic mass is 9.98. The Bertz CT molecular complexity index is 582. The molecule has 6 nitrogen and oxygen atoms in total. The van der Waals surface area contributed by atoms with Crippen molar-refractivity contribution in [3.8, 4) is 0 Å². The number of rotatable bonds is 4. The SMILES string of the molecule is CN1C(=O)Cc2cc(NCCN3CCOCC3)ccc2C1=O. The minimum Gasteiger partial charge on any atom is -0.384 e. The maximum Gasteiger partial charge on any atom is 0.260 e. The summed E-state index contributed by atoms with van der Waals surface area (Å²) in [7, 11) is 1.53. The monoisotopic (exact) mass is 303 g/mol. The first kappa shape index (κ1) is 15.0. The van der Waals surface area contributed by atoms with E-state index in [4.69, 9.17) is 4.74 Å². The Hall–Kier alpha value is -1.92. The van der Waals surface area contributed by atoms with Crippen LogP contribution in [0.3, 0.4) is 0 Å². The molecular formula is C16H21N3O3. The lowest BCUT2D eigenvalue weighted by Crippen LogP contribution is -2.39. The van der Waals surface area contributed by atoms with E-state index < -0.39 is 0 Å². The summed E-state index contributed by atoms with van der Waals surface area (Å²) in [6, 6.07) is 5.62. The molecule has 0 radical (unpaired) electrons. The van der Waals surface area contributed by atoms with Crippen molar-refractivity contribution >= 4 is 17.5 Å². The highest BCUT2D eigenvalue weighted by atomic mass is 16.5. The van der Waals surface area contributed by atoms with Gasteiger partial charge in [0.05, 0.1) is 19.6 Å². The zero-order valence-electron chi connectivity index (χ0n) is 12.8. The van der Waals surface area contributed by atoms with E-state index >= 15 is 0 Å². The van der Waals surface area contributed by atoms with Crippen molar-refractivity contribution in [2.75, 3.05) is 51.8 Å². The summed E-state index contributed by atoms with van der Waals surface area (Å²) in [4.78, 5) is 27.3. The first-order chi connectivity index (χ1) is 10.6. The quantitative estimate of drug-likeness (QED) is 0.825. The molecule has 1 saturated heterocycles. The largest absolute Gasteiger partial charge is 0.384 e. The molecule has 0 unspecified atom stereocenters. The molecule has 1 aromatic rings. The fourth-order valence-corrected chi connectivity index (χ4v) is 2.82. The molecule has 1 fully saturated rings. The number of likely N-dealkylation sites (N-methyl/N-ethyl adjacent to an activating group) is 1. The second kappa shape index (κ2) is 6.46. The molecule has 0 aliphatic carbocycles. The minimum absolute atomic E-state index is 0.150. The molecule has 2 amide bonds. The van der Waals surface area contributed by atoms with Gasteiger partial charge in [-0.15, -0.1) is 0 Å². The fourth-order valence-electron chi connectivity index (χ4n) is 2.82. The molecule has 3 rings (SSSR count). The van der Waals surface area contributed by atoms with E-state index in [1.54, 1.807) is 6.07 Å². The number of hydrogen-bond donors (Lipinski definition) is 1. The van der Waals surface area contributed by atoms with E-state index in [1.165, 1.54) is 11.9 Å². The Morgan fingerprint density at radius 1 is 1.23 bits per heavy atom. The zero-order valence-corrected chi connectivity index (χ0v) is 12.8. The van der Waals surface area contributed by atoms with Crippen molar-refractivity contribution < 1.29 is 14.3 Å². The number of anilines is 1. The van der Waals surface area contributed by atoms with Gasteiger partial charge in [-0.1, -0.05) is 0 Å². The smallest absolute Gasteiger partial charge is 0.260 e. The van der Waals surface area contributed by atoms with Crippen LogP contribution >= 0.6 is 0 Å². The Balaban J connectivity index is 1.60. The van der Waals surface area contributed by atoms with Gasteiger partial charge in [0.2, 0.25) is 5.91 Å². The van der Waals surface area contributed by atoms with Crippen molar-refractivity contribution in [2.45, 2.75) is 6.42 Å². The van der Waals surface area contributed by atoms with Crippen LogP contribution in [0.1, 0.15) is 15.9 Å². The van der Waals surface area contributed by atoms with Gasteiger partial charge in [-0.2, -0.15) is 0 Å². The predicted octanol–water partition coefficient (Wildman–Crippen LogP) is 0.585. The van der Waals surface area contributed by atoms with Gasteiger partial charge in [0.15, 0.2) is 0 Å². The highest BCUT2D eigenvalue weighted by molar-refractivity contribution is 6.09. The van der Waals surface area contributed by atoms with Crippen LogP contribution in [-0.4, -0.2) is 68.1 Å². The molecule has 2 heterocycles. The number of carbonyl (C=O) groups is 2. The van der Waals surface area contributed by atoms with Gasteiger partial charge < -0.3 is 10.1 Å². The van der Waals surface area contributed by atoms with Gasteiger partial charge in [0.25, 0.3) is 5.91 Å². The van der Waals surface area contributed by atoms with E-state index in [2.05, 4.69) is 10.2 Å². The number of fused-ring (bicyclic) bond motifs is 1. The van der Waals surface area contributed by atoms with Gasteiger partial charge in [-0.05, 0) is 23.8 Å². The van der Waals surface area contributed by atoms with Crippen molar-refractivity contribution in [3.63, 3.8) is 0 Å². The van der Waals surface area contributed by atoms with Crippen LogP contribution < -0.4 is 5.32 Å². The van der Waals surface area contributed by atoms with Crippen molar-refractivity contribution in [1.29, 1.82) is 0 Å². The van der Waals surface area contributed by atoms with Crippen LogP contribution in [0.25, 0.3) is 0 Å². The number of ether oxygens (including phenoxy) is 1. The molecule has 0 atom stereocenters. The Kier molecular flexibility index (Phi) is 4.40. The first-order valence-electron chi connectivity index (χ1n) is 7.63. The van der Waals surface area contributed by atoms with E-state index in [-0.39, 0.29) is 18.2 Å². The third-order valence-electron chi connectivity index (χ3n) is 4.22. The summed E-state index contributed by atoms with van der Waals surface area (Å²) in [5, 5.41) is 3.36. The summed E-state index contributed by atoms with van der Waals surface area (Å²) in [6.45, 7) is 5.34. The summed E-state index contributed by atoms with van der Waals surface area (Å²) in [6.07, 6.45) is 0.288. The number of carbonyl (C=O) groups excluding carboxylic acids is 2. The van der Waals surface area contributed by atoms with Gasteiger partial charge >= 0.3 is 0 Å². The number of benzene rings is 1. The molecule has 1 aromatic carbocycles. The van der Waals surface area contributed by atoms with Crippen molar-refractivity contribution in [2.24, 2.45) is 0 Å². The van der Waals surface area contributed by atoms with Crippen LogP contribution in [-0.2, 0) is 16.0 Å². The lowest BCUT2D eigenvalue weighted by molar-refractivity contribution is -0.127. The third kappa shape index (κ3) is 3.13. The van der Waals surface area contributed by atoms with Gasteiger partial charge in [-0.3, -0.25) is 19.4 Å². The first-order valence-corrected chi connectivity index (χ1v) is 7.63. The van der Waals surface area contributed by atoms with Crippen LogP contribution in [0.15, 0.2) is 18.2 Å². The normalized spacial score (nSPS) is 19.2. The number of hydrogen-bond acceptors (Lipinski definition) is 5. The van der Waals surface area contributed by atoms with Gasteiger partial charge in [0, 0.05) is 44.5 Å². The third-order valence-corrected chi connectivity index (χ3v) is 4.22. The maximum absolute atomic E-state index is 12.0. The summed E-state index contributed by atoms with van der Waals surface area (Å²) in [5.41, 5.74) is 2.39. The standard InChI is InChI=1S/C16H21N3O3/c1-18-15(20)11-12-10-13(2-3-14(12)16(18)21)17-4-5-19-6-8-22-9-7-19/h2-3,10,17H,4-9,11H2,1H3. The van der Waals surface area contributed by atoms with E-state index in [0.29, 0.717) is 5.56 Å². The molecule has 0 spiro atoms. The molecule has 0 aromatic heterocycles. The topological polar surface area (TPSA) is 61.9 Å². The Morgan fingerprint density at radius 3 is 2.77 bits per heavy atom. The zero-order chi connectivity index (χ0) is 15.5. The Morgan fingerprint density at radius 2 is 2.00 bits per heavy atom. The fraction of sp³-hybridized carbons (Fsp3) is 0.500. The van der Waals surface area contributed by atoms with Crippen LogP contribution in [0.2, 0.25) is 0 Å². The second-order valence-corrected chi connectivity index (χ2v) is 5.69. The van der Waals surface area contributed by atoms with Crippen LogP contribution in [0, 0.1) is 0 Å². The highest BCUT2D eigenvalue weighted by Crippen LogP contribution is 2.22. The number of morpholine rings is 1. The predicted molar refractivity (Wildman–Crippen MR) is 83.0 cm³/mol. The summed E-state index contributed by atoms with van der Waals surface area (Å²) < 4.78 is 5.33.